The van der Waals surface area contributed by atoms with E-state index in [1.54, 1.807) is 25.3 Å². The van der Waals surface area contributed by atoms with Gasteiger partial charge < -0.3 is 10.4 Å². The fourth-order valence-corrected chi connectivity index (χ4v) is 2.05. The van der Waals surface area contributed by atoms with Crippen LogP contribution in [-0.2, 0) is 0 Å². The van der Waals surface area contributed by atoms with Crippen LogP contribution >= 0.6 is 15.9 Å². The molecule has 0 spiro atoms. The van der Waals surface area contributed by atoms with E-state index in [1.165, 1.54) is 6.07 Å². The van der Waals surface area contributed by atoms with Crippen molar-refractivity contribution in [1.29, 1.82) is 0 Å². The lowest BCUT2D eigenvalue weighted by Gasteiger charge is -2.08. The van der Waals surface area contributed by atoms with Crippen LogP contribution in [0.2, 0.25) is 0 Å². The smallest absolute Gasteiger partial charge is 0.256 e. The van der Waals surface area contributed by atoms with Gasteiger partial charge in [0, 0.05) is 16.2 Å². The number of aromatic nitrogens is 1. The Hall–Kier alpha value is -1.88. The molecule has 0 saturated carbocycles. The number of hydrogen-bond acceptors (Lipinski definition) is 3. The first-order valence-electron chi connectivity index (χ1n) is 5.70. The van der Waals surface area contributed by atoms with E-state index < -0.39 is 0 Å². The molecule has 2 N–H and O–H groups in total. The molecule has 19 heavy (non-hydrogen) atoms. The topological polar surface area (TPSA) is 62.2 Å². The van der Waals surface area contributed by atoms with Gasteiger partial charge in [0.25, 0.3) is 5.91 Å². The number of amides is 1. The third-order valence-electron chi connectivity index (χ3n) is 2.75. The molecule has 1 amide bonds. The molecule has 1 aromatic carbocycles. The van der Waals surface area contributed by atoms with E-state index in [0.717, 1.165) is 15.6 Å². The Bertz CT molecular complexity index is 641. The predicted molar refractivity (Wildman–Crippen MR) is 77.5 cm³/mol. The van der Waals surface area contributed by atoms with Crippen molar-refractivity contribution in [2.24, 2.45) is 0 Å². The number of carbonyl (C=O) groups is 1. The molecule has 4 nitrogen and oxygen atoms in total. The minimum Gasteiger partial charge on any atom is -0.508 e. The van der Waals surface area contributed by atoms with Crippen molar-refractivity contribution in [3.63, 3.8) is 0 Å². The van der Waals surface area contributed by atoms with Gasteiger partial charge in [0.05, 0.1) is 0 Å². The molecular formula is C14H13BrN2O2. The second kappa shape index (κ2) is 5.40. The summed E-state index contributed by atoms with van der Waals surface area (Å²) in [5, 5.41) is 12.3. The van der Waals surface area contributed by atoms with Gasteiger partial charge in [-0.3, -0.25) is 4.79 Å². The van der Waals surface area contributed by atoms with E-state index in [4.69, 9.17) is 0 Å². The number of phenols is 1. The number of nitrogens with zero attached hydrogens (tertiary/aromatic N) is 1. The number of aromatic hydroxyl groups is 1. The normalized spacial score (nSPS) is 10.3. The van der Waals surface area contributed by atoms with E-state index in [1.807, 2.05) is 13.0 Å². The lowest BCUT2D eigenvalue weighted by atomic mass is 10.1. The van der Waals surface area contributed by atoms with Gasteiger partial charge in [0.1, 0.15) is 11.6 Å². The quantitative estimate of drug-likeness (QED) is 0.891. The second-order valence-electron chi connectivity index (χ2n) is 4.27. The van der Waals surface area contributed by atoms with Gasteiger partial charge >= 0.3 is 0 Å². The van der Waals surface area contributed by atoms with E-state index in [2.05, 4.69) is 26.2 Å². The highest BCUT2D eigenvalue weighted by Crippen LogP contribution is 2.20. The number of hydrogen-bond donors (Lipinski definition) is 2. The Morgan fingerprint density at radius 1 is 1.26 bits per heavy atom. The first-order valence-corrected chi connectivity index (χ1v) is 6.50. The molecule has 0 aliphatic carbocycles. The van der Waals surface area contributed by atoms with Crippen molar-refractivity contribution in [3.05, 3.63) is 51.6 Å². The van der Waals surface area contributed by atoms with Crippen molar-refractivity contribution in [2.75, 3.05) is 5.32 Å². The first-order chi connectivity index (χ1) is 8.97. The number of anilines is 1. The molecule has 0 aliphatic heterocycles. The van der Waals surface area contributed by atoms with Crippen molar-refractivity contribution in [2.45, 2.75) is 13.8 Å². The zero-order valence-electron chi connectivity index (χ0n) is 10.6. The van der Waals surface area contributed by atoms with Gasteiger partial charge in [-0.05, 0) is 59.1 Å². The van der Waals surface area contributed by atoms with Crippen LogP contribution in [0.1, 0.15) is 21.5 Å². The molecule has 0 radical (unpaired) electrons. The third kappa shape index (κ3) is 3.12. The summed E-state index contributed by atoms with van der Waals surface area (Å²) in [5.41, 5.74) is 1.99. The predicted octanol–water partition coefficient (Wildman–Crippen LogP) is 3.42. The average molecular weight is 321 g/mol. The number of benzene rings is 1. The van der Waals surface area contributed by atoms with Crippen LogP contribution in [0, 0.1) is 13.8 Å². The van der Waals surface area contributed by atoms with E-state index in [0.29, 0.717) is 11.4 Å². The number of halogens is 1. The Balaban J connectivity index is 2.23. The van der Waals surface area contributed by atoms with Crippen molar-refractivity contribution < 1.29 is 9.90 Å². The fourth-order valence-electron chi connectivity index (χ4n) is 1.60. The third-order valence-corrected chi connectivity index (χ3v) is 3.18. The van der Waals surface area contributed by atoms with Gasteiger partial charge in [-0.2, -0.15) is 0 Å². The molecule has 0 atom stereocenters. The highest BCUT2D eigenvalue weighted by Gasteiger charge is 2.10. The summed E-state index contributed by atoms with van der Waals surface area (Å²) in [6, 6.07) is 6.68. The fraction of sp³-hybridized carbons (Fsp3) is 0.143. The number of rotatable bonds is 2. The molecule has 0 unspecified atom stereocenters. The monoisotopic (exact) mass is 320 g/mol. The number of carbonyl (C=O) groups excluding carboxylic acids is 1. The van der Waals surface area contributed by atoms with E-state index in [-0.39, 0.29) is 11.7 Å². The maximum atomic E-state index is 12.0. The Morgan fingerprint density at radius 3 is 2.63 bits per heavy atom. The molecule has 1 heterocycles. The van der Waals surface area contributed by atoms with Crippen molar-refractivity contribution >= 4 is 27.7 Å². The number of pyridine rings is 1. The zero-order valence-corrected chi connectivity index (χ0v) is 12.2. The van der Waals surface area contributed by atoms with Crippen LogP contribution in [0.15, 0.2) is 34.9 Å². The summed E-state index contributed by atoms with van der Waals surface area (Å²) in [7, 11) is 0. The summed E-state index contributed by atoms with van der Waals surface area (Å²) >= 11 is 3.32. The number of phenolic OH excluding ortho intramolecular Hbond substituents is 1. The van der Waals surface area contributed by atoms with Crippen LogP contribution in [0.5, 0.6) is 5.75 Å². The average Bonchev–Trinajstić information content (AvgIpc) is 2.36. The maximum Gasteiger partial charge on any atom is 0.256 e. The van der Waals surface area contributed by atoms with Crippen LogP contribution in [0.3, 0.4) is 0 Å². The van der Waals surface area contributed by atoms with Gasteiger partial charge in [0.15, 0.2) is 0 Å². The molecule has 2 aromatic rings. The lowest BCUT2D eigenvalue weighted by Crippen LogP contribution is -2.13. The molecular weight excluding hydrogens is 308 g/mol. The Kier molecular flexibility index (Phi) is 3.85. The standard InChI is InChI=1S/C14H13BrN2O2/c1-8-3-4-10(6-12(8)18)14(19)17-13-9(2)5-11(15)7-16-13/h3-7,18H,1-2H3,(H,16,17,19). The first kappa shape index (κ1) is 13.5. The minimum atomic E-state index is -0.298. The maximum absolute atomic E-state index is 12.0. The lowest BCUT2D eigenvalue weighted by molar-refractivity contribution is 0.102. The highest BCUT2D eigenvalue weighted by atomic mass is 79.9. The van der Waals surface area contributed by atoms with Gasteiger partial charge in [0.2, 0.25) is 0 Å². The molecule has 98 valence electrons. The molecule has 1 aromatic heterocycles. The summed E-state index contributed by atoms with van der Waals surface area (Å²) in [4.78, 5) is 16.2. The summed E-state index contributed by atoms with van der Waals surface area (Å²) in [6.45, 7) is 3.64. The minimum absolute atomic E-state index is 0.105. The molecule has 0 bridgehead atoms. The molecule has 0 saturated heterocycles. The van der Waals surface area contributed by atoms with Crippen molar-refractivity contribution in [1.82, 2.24) is 4.98 Å². The molecule has 5 heteroatoms. The Morgan fingerprint density at radius 2 is 2.00 bits per heavy atom. The van der Waals surface area contributed by atoms with E-state index >= 15 is 0 Å². The molecule has 0 aliphatic rings. The second-order valence-corrected chi connectivity index (χ2v) is 5.19. The zero-order chi connectivity index (χ0) is 14.0. The van der Waals surface area contributed by atoms with Gasteiger partial charge in [-0.25, -0.2) is 4.98 Å². The van der Waals surface area contributed by atoms with E-state index in [9.17, 15) is 9.90 Å². The van der Waals surface area contributed by atoms with Crippen LogP contribution in [-0.4, -0.2) is 16.0 Å². The largest absolute Gasteiger partial charge is 0.508 e. The highest BCUT2D eigenvalue weighted by molar-refractivity contribution is 9.10. The number of aryl methyl sites for hydroxylation is 2. The van der Waals surface area contributed by atoms with Crippen LogP contribution in [0.25, 0.3) is 0 Å². The van der Waals surface area contributed by atoms with Crippen molar-refractivity contribution in [3.8, 4) is 5.75 Å². The Labute approximate surface area is 119 Å². The SMILES string of the molecule is Cc1ccc(C(=O)Nc2ncc(Br)cc2C)cc1O. The van der Waals surface area contributed by atoms with Crippen LogP contribution in [0.4, 0.5) is 5.82 Å². The van der Waals surface area contributed by atoms with Gasteiger partial charge in [-0.1, -0.05) is 6.07 Å². The molecule has 2 rings (SSSR count). The summed E-state index contributed by atoms with van der Waals surface area (Å²) < 4.78 is 0.857. The molecule has 0 fully saturated rings. The summed E-state index contributed by atoms with van der Waals surface area (Å²) in [5.74, 6) is 0.314. The van der Waals surface area contributed by atoms with Crippen LogP contribution < -0.4 is 5.32 Å². The van der Waals surface area contributed by atoms with Gasteiger partial charge in [-0.15, -0.1) is 0 Å². The number of nitrogens with one attached hydrogen (secondary N) is 1. The summed E-state index contributed by atoms with van der Waals surface area (Å²) in [6.07, 6.45) is 1.62.